The molecule has 5 nitrogen and oxygen atoms in total. The van der Waals surface area contributed by atoms with Crippen LogP contribution in [0.15, 0.2) is 79.0 Å². The molecule has 4 aromatic rings. The van der Waals surface area contributed by atoms with Gasteiger partial charge in [0.05, 0.1) is 11.1 Å². The van der Waals surface area contributed by atoms with Crippen LogP contribution < -0.4 is 0 Å². The van der Waals surface area contributed by atoms with Gasteiger partial charge in [0.15, 0.2) is 0 Å². The van der Waals surface area contributed by atoms with Gasteiger partial charge in [-0.05, 0) is 55.7 Å². The Kier molecular flexibility index (Phi) is 8.98. The topological polar surface area (TPSA) is 56.4 Å². The molecule has 2 amide bonds. The van der Waals surface area contributed by atoms with Crippen LogP contribution in [0.25, 0.3) is 10.9 Å². The molecule has 0 radical (unpaired) electrons. The quantitative estimate of drug-likeness (QED) is 0.208. The highest BCUT2D eigenvalue weighted by atomic mass is 19.4. The third-order valence-corrected chi connectivity index (χ3v) is 6.92. The van der Waals surface area contributed by atoms with Gasteiger partial charge in [-0.1, -0.05) is 48.5 Å². The predicted octanol–water partition coefficient (Wildman–Crippen LogP) is 7.33. The Morgan fingerprint density at radius 2 is 1.43 bits per heavy atom. The summed E-state index contributed by atoms with van der Waals surface area (Å²) < 4.78 is 80.6. The minimum absolute atomic E-state index is 0.0338. The van der Waals surface area contributed by atoms with Crippen molar-refractivity contribution in [2.75, 3.05) is 13.1 Å². The Labute approximate surface area is 238 Å². The van der Waals surface area contributed by atoms with Gasteiger partial charge in [0, 0.05) is 41.8 Å². The van der Waals surface area contributed by atoms with E-state index in [0.717, 1.165) is 26.9 Å². The zero-order chi connectivity index (χ0) is 30.7. The van der Waals surface area contributed by atoms with E-state index < -0.39 is 53.4 Å². The standard InChI is InChI=1S/C31H29F6N3O2/c1-20(2)40(29(42)23-14-24(30(32,33)34)16-25(15-23)31(35,36)37)19-28(41)39(18-21-8-4-3-5-9-21)13-12-22-17-38-27-11-7-6-10-26(22)27/h3-11,14-17,20,38H,12-13,18-19H2,1-2H3. The van der Waals surface area contributed by atoms with Gasteiger partial charge in [-0.15, -0.1) is 0 Å². The van der Waals surface area contributed by atoms with E-state index in [1.165, 1.54) is 18.7 Å². The summed E-state index contributed by atoms with van der Waals surface area (Å²) in [6.07, 6.45) is -7.89. The van der Waals surface area contributed by atoms with Crippen molar-refractivity contribution in [3.05, 3.63) is 107 Å². The van der Waals surface area contributed by atoms with Crippen LogP contribution in [0.1, 0.15) is 46.5 Å². The van der Waals surface area contributed by atoms with Crippen LogP contribution in [-0.4, -0.2) is 45.7 Å². The number of fused-ring (bicyclic) bond motifs is 1. The van der Waals surface area contributed by atoms with Gasteiger partial charge in [-0.2, -0.15) is 26.3 Å². The zero-order valence-electron chi connectivity index (χ0n) is 22.9. The fourth-order valence-electron chi connectivity index (χ4n) is 4.67. The van der Waals surface area contributed by atoms with Gasteiger partial charge in [0.25, 0.3) is 5.91 Å². The van der Waals surface area contributed by atoms with Crippen LogP contribution >= 0.6 is 0 Å². The zero-order valence-corrected chi connectivity index (χ0v) is 22.9. The Morgan fingerprint density at radius 3 is 2.02 bits per heavy atom. The van der Waals surface area contributed by atoms with E-state index in [9.17, 15) is 35.9 Å². The molecule has 0 bridgehead atoms. The number of benzene rings is 3. The lowest BCUT2D eigenvalue weighted by atomic mass is 10.0. The molecule has 1 N–H and O–H groups in total. The molecule has 0 atom stereocenters. The molecule has 1 heterocycles. The second-order valence-corrected chi connectivity index (χ2v) is 10.2. The molecule has 222 valence electrons. The Morgan fingerprint density at radius 1 is 0.833 bits per heavy atom. The first kappa shape index (κ1) is 30.7. The molecule has 0 spiro atoms. The summed E-state index contributed by atoms with van der Waals surface area (Å²) in [7, 11) is 0. The monoisotopic (exact) mass is 589 g/mol. The molecule has 4 rings (SSSR count). The number of alkyl halides is 6. The smallest absolute Gasteiger partial charge is 0.361 e. The molecule has 1 aromatic heterocycles. The first-order chi connectivity index (χ1) is 19.7. The summed E-state index contributed by atoms with van der Waals surface area (Å²) in [5, 5.41) is 0.994. The number of amides is 2. The summed E-state index contributed by atoms with van der Waals surface area (Å²) in [6.45, 7) is 3.00. The normalized spacial score (nSPS) is 12.1. The van der Waals surface area contributed by atoms with Crippen molar-refractivity contribution in [2.45, 2.75) is 45.2 Å². The van der Waals surface area contributed by atoms with Gasteiger partial charge in [0.1, 0.15) is 6.54 Å². The molecule has 0 aliphatic heterocycles. The van der Waals surface area contributed by atoms with Crippen LogP contribution in [0.2, 0.25) is 0 Å². The maximum atomic E-state index is 13.6. The van der Waals surface area contributed by atoms with Gasteiger partial charge >= 0.3 is 12.4 Å². The number of hydrogen-bond acceptors (Lipinski definition) is 2. The van der Waals surface area contributed by atoms with E-state index in [-0.39, 0.29) is 19.2 Å². The van der Waals surface area contributed by atoms with Gasteiger partial charge in [0.2, 0.25) is 5.91 Å². The summed E-state index contributed by atoms with van der Waals surface area (Å²) in [5.41, 5.74) is -1.27. The van der Waals surface area contributed by atoms with Crippen LogP contribution in [0, 0.1) is 0 Å². The van der Waals surface area contributed by atoms with E-state index in [1.54, 1.807) is 0 Å². The largest absolute Gasteiger partial charge is 0.416 e. The van der Waals surface area contributed by atoms with Crippen LogP contribution in [0.4, 0.5) is 26.3 Å². The van der Waals surface area contributed by atoms with E-state index >= 15 is 0 Å². The average Bonchev–Trinajstić information content (AvgIpc) is 3.35. The number of H-pyrrole nitrogens is 1. The van der Waals surface area contributed by atoms with Crippen molar-refractivity contribution >= 4 is 22.7 Å². The number of para-hydroxylation sites is 1. The maximum absolute atomic E-state index is 13.6. The first-order valence-electron chi connectivity index (χ1n) is 13.2. The highest BCUT2D eigenvalue weighted by Gasteiger charge is 2.38. The Balaban J connectivity index is 1.61. The highest BCUT2D eigenvalue weighted by molar-refractivity contribution is 5.97. The fraction of sp³-hybridized carbons (Fsp3) is 0.290. The molecule has 0 unspecified atom stereocenters. The van der Waals surface area contributed by atoms with Gasteiger partial charge in [-0.3, -0.25) is 9.59 Å². The van der Waals surface area contributed by atoms with Gasteiger partial charge < -0.3 is 14.8 Å². The number of carbonyl (C=O) groups excluding carboxylic acids is 2. The molecule has 0 aliphatic carbocycles. The van der Waals surface area contributed by atoms with Crippen molar-refractivity contribution in [3.63, 3.8) is 0 Å². The number of carbonyl (C=O) groups is 2. The van der Waals surface area contributed by atoms with Crippen LogP contribution in [0.3, 0.4) is 0 Å². The van der Waals surface area contributed by atoms with E-state index in [0.29, 0.717) is 18.6 Å². The van der Waals surface area contributed by atoms with Crippen LogP contribution in [0.5, 0.6) is 0 Å². The minimum Gasteiger partial charge on any atom is -0.361 e. The summed E-state index contributed by atoms with van der Waals surface area (Å²) >= 11 is 0. The SMILES string of the molecule is CC(C)N(CC(=O)N(CCc1c[nH]c2ccccc12)Cc1ccccc1)C(=O)c1cc(C(F)(F)F)cc(C(F)(F)F)c1. The second kappa shape index (κ2) is 12.3. The third-order valence-electron chi connectivity index (χ3n) is 6.92. The second-order valence-electron chi connectivity index (χ2n) is 10.2. The van der Waals surface area contributed by atoms with Crippen LogP contribution in [-0.2, 0) is 30.1 Å². The lowest BCUT2D eigenvalue weighted by Gasteiger charge is -2.30. The van der Waals surface area contributed by atoms with E-state index in [1.807, 2.05) is 60.8 Å². The number of aromatic amines is 1. The maximum Gasteiger partial charge on any atom is 0.416 e. The molecule has 0 saturated heterocycles. The number of nitrogens with one attached hydrogen (secondary N) is 1. The molecule has 0 saturated carbocycles. The lowest BCUT2D eigenvalue weighted by Crippen LogP contribution is -2.46. The highest BCUT2D eigenvalue weighted by Crippen LogP contribution is 2.36. The number of halogens is 6. The molecular weight excluding hydrogens is 560 g/mol. The Hall–Kier alpha value is -4.28. The third kappa shape index (κ3) is 7.32. The number of rotatable bonds is 9. The van der Waals surface area contributed by atoms with E-state index in [2.05, 4.69) is 4.98 Å². The summed E-state index contributed by atoms with van der Waals surface area (Å²) in [6, 6.07) is 16.8. The van der Waals surface area contributed by atoms with Crippen molar-refractivity contribution in [1.82, 2.24) is 14.8 Å². The Bertz CT molecular complexity index is 1510. The molecule has 11 heteroatoms. The van der Waals surface area contributed by atoms with E-state index in [4.69, 9.17) is 0 Å². The molecule has 0 aliphatic rings. The predicted molar refractivity (Wildman–Crippen MR) is 146 cm³/mol. The summed E-state index contributed by atoms with van der Waals surface area (Å²) in [5.74, 6) is -1.60. The van der Waals surface area contributed by atoms with Crippen molar-refractivity contribution in [1.29, 1.82) is 0 Å². The molecule has 0 fully saturated rings. The minimum atomic E-state index is -5.11. The fourth-order valence-corrected chi connectivity index (χ4v) is 4.67. The molecular formula is C31H29F6N3O2. The number of aromatic nitrogens is 1. The van der Waals surface area contributed by atoms with Crippen molar-refractivity contribution in [3.8, 4) is 0 Å². The van der Waals surface area contributed by atoms with Crippen molar-refractivity contribution in [2.24, 2.45) is 0 Å². The first-order valence-corrected chi connectivity index (χ1v) is 13.2. The lowest BCUT2D eigenvalue weighted by molar-refractivity contribution is -0.143. The summed E-state index contributed by atoms with van der Waals surface area (Å²) in [4.78, 5) is 32.7. The number of hydrogen-bond donors (Lipinski definition) is 1. The average molecular weight is 590 g/mol. The number of nitrogens with zero attached hydrogens (tertiary/aromatic N) is 2. The van der Waals surface area contributed by atoms with Gasteiger partial charge in [-0.25, -0.2) is 0 Å². The molecule has 3 aromatic carbocycles. The molecule has 42 heavy (non-hydrogen) atoms. The van der Waals surface area contributed by atoms with Crippen molar-refractivity contribution < 1.29 is 35.9 Å².